The molecule has 5 aromatic rings. The van der Waals surface area contributed by atoms with Crippen LogP contribution >= 0.6 is 27.5 Å². The molecule has 0 saturated heterocycles. The Morgan fingerprint density at radius 1 is 1.00 bits per heavy atom. The van der Waals surface area contributed by atoms with Crippen LogP contribution in [0.3, 0.4) is 0 Å². The molecule has 0 saturated carbocycles. The van der Waals surface area contributed by atoms with Gasteiger partial charge in [0.05, 0.1) is 30.0 Å². The predicted octanol–water partition coefficient (Wildman–Crippen LogP) is 7.58. The van der Waals surface area contributed by atoms with Crippen LogP contribution in [0.25, 0.3) is 11.0 Å². The van der Waals surface area contributed by atoms with E-state index >= 15 is 0 Å². The van der Waals surface area contributed by atoms with E-state index in [1.165, 1.54) is 33.7 Å². The van der Waals surface area contributed by atoms with Crippen LogP contribution < -0.4 is 4.31 Å². The molecule has 0 atom stereocenters. The summed E-state index contributed by atoms with van der Waals surface area (Å²) in [6.07, 6.45) is 1.51. The maximum absolute atomic E-state index is 14.2. The molecule has 3 heterocycles. The third-order valence-electron chi connectivity index (χ3n) is 6.91. The van der Waals surface area contributed by atoms with Crippen molar-refractivity contribution in [3.63, 3.8) is 0 Å². The van der Waals surface area contributed by atoms with E-state index in [1.54, 1.807) is 63.2 Å². The Bertz CT molecular complexity index is 1930. The van der Waals surface area contributed by atoms with Crippen molar-refractivity contribution in [2.75, 3.05) is 17.5 Å². The van der Waals surface area contributed by atoms with Gasteiger partial charge in [0, 0.05) is 29.1 Å². The van der Waals surface area contributed by atoms with E-state index < -0.39 is 21.9 Å². The van der Waals surface area contributed by atoms with Crippen LogP contribution in [0.2, 0.25) is 5.02 Å². The number of furan rings is 3. The largest absolute Gasteiger partial charge is 0.467 e. The number of hydrogen-bond donors (Lipinski definition) is 0. The van der Waals surface area contributed by atoms with Crippen LogP contribution in [0.5, 0.6) is 0 Å². The van der Waals surface area contributed by atoms with Gasteiger partial charge in [-0.1, -0.05) is 11.6 Å². The number of ether oxygens (including phenoxy) is 1. The Labute approximate surface area is 267 Å². The molecule has 44 heavy (non-hydrogen) atoms. The third-order valence-corrected chi connectivity index (χ3v) is 9.46. The van der Waals surface area contributed by atoms with E-state index in [1.807, 2.05) is 0 Å². The molecule has 0 N–H and O–H groups in total. The molecule has 5 rings (SSSR count). The monoisotopic (exact) mass is 702 g/mol. The summed E-state index contributed by atoms with van der Waals surface area (Å²) in [4.78, 5) is 27.4. The van der Waals surface area contributed by atoms with Gasteiger partial charge in [0.1, 0.15) is 11.3 Å². The van der Waals surface area contributed by atoms with Crippen molar-refractivity contribution in [2.45, 2.75) is 38.8 Å². The predicted molar refractivity (Wildman–Crippen MR) is 167 cm³/mol. The first kappa shape index (κ1) is 31.4. The summed E-state index contributed by atoms with van der Waals surface area (Å²) in [7, 11) is -4.14. The minimum Gasteiger partial charge on any atom is -0.467 e. The van der Waals surface area contributed by atoms with Crippen LogP contribution in [0.1, 0.15) is 51.8 Å². The molecule has 10 nitrogen and oxygen atoms in total. The molecular formula is C31H28BrClN2O8S. The molecule has 2 aromatic carbocycles. The number of benzene rings is 2. The minimum atomic E-state index is -4.14. The molecule has 0 spiro atoms. The average Bonchev–Trinajstić information content (AvgIpc) is 3.74. The Morgan fingerprint density at radius 2 is 1.80 bits per heavy atom. The fourth-order valence-electron chi connectivity index (χ4n) is 4.85. The van der Waals surface area contributed by atoms with Crippen molar-refractivity contribution in [1.29, 1.82) is 0 Å². The number of carbonyl (C=O) groups is 2. The van der Waals surface area contributed by atoms with Crippen molar-refractivity contribution in [3.8, 4) is 0 Å². The molecule has 13 heteroatoms. The lowest BCUT2D eigenvalue weighted by molar-refractivity contribution is 0.0491. The summed E-state index contributed by atoms with van der Waals surface area (Å²) in [6.45, 7) is 5.40. The van der Waals surface area contributed by atoms with Gasteiger partial charge in [-0.15, -0.1) is 0 Å². The maximum Gasteiger partial charge on any atom is 0.374 e. The summed E-state index contributed by atoms with van der Waals surface area (Å²) in [6, 6.07) is 15.9. The molecule has 0 aliphatic carbocycles. The van der Waals surface area contributed by atoms with Crippen LogP contribution in [0, 0.1) is 6.92 Å². The molecule has 1 amide bonds. The highest BCUT2D eigenvalue weighted by atomic mass is 79.9. The number of aryl methyl sites for hydroxylation is 1. The summed E-state index contributed by atoms with van der Waals surface area (Å²) in [5.74, 6) is -0.408. The fourth-order valence-corrected chi connectivity index (χ4v) is 6.89. The smallest absolute Gasteiger partial charge is 0.374 e. The van der Waals surface area contributed by atoms with E-state index in [9.17, 15) is 18.0 Å². The van der Waals surface area contributed by atoms with Crippen LogP contribution in [0.15, 0.2) is 89.7 Å². The molecular weight excluding hydrogens is 676 g/mol. The van der Waals surface area contributed by atoms with Gasteiger partial charge in [0.15, 0.2) is 10.4 Å². The summed E-state index contributed by atoms with van der Waals surface area (Å²) in [5.41, 5.74) is 1.66. The van der Waals surface area contributed by atoms with E-state index in [0.29, 0.717) is 43.2 Å². The lowest BCUT2D eigenvalue weighted by Gasteiger charge is -2.28. The number of halogens is 2. The SMILES string of the molecule is CCOC(=O)c1oc2ccc(S(=O)(=O)N(CC)c3ccc(Cl)cc3CN(Cc3ccco3)C(=O)c3ccc(Br)o3)cc2c1C. The third kappa shape index (κ3) is 6.28. The van der Waals surface area contributed by atoms with Crippen molar-refractivity contribution >= 4 is 66.1 Å². The number of esters is 1. The van der Waals surface area contributed by atoms with Gasteiger partial charge in [0.25, 0.3) is 15.9 Å². The first-order valence-corrected chi connectivity index (χ1v) is 16.2. The van der Waals surface area contributed by atoms with E-state index in [4.69, 9.17) is 29.6 Å². The molecule has 0 aliphatic heterocycles. The normalized spacial score (nSPS) is 11.6. The zero-order valence-electron chi connectivity index (χ0n) is 24.0. The Morgan fingerprint density at radius 3 is 2.45 bits per heavy atom. The molecule has 230 valence electrons. The highest BCUT2D eigenvalue weighted by Crippen LogP contribution is 2.34. The summed E-state index contributed by atoms with van der Waals surface area (Å²) in [5, 5.41) is 0.839. The Balaban J connectivity index is 1.54. The second kappa shape index (κ2) is 12.9. The zero-order valence-corrected chi connectivity index (χ0v) is 27.2. The number of amides is 1. The average molecular weight is 704 g/mol. The van der Waals surface area contributed by atoms with E-state index in [2.05, 4.69) is 15.9 Å². The number of nitrogens with zero attached hydrogens (tertiary/aromatic N) is 2. The van der Waals surface area contributed by atoms with Crippen LogP contribution in [0.4, 0.5) is 5.69 Å². The number of rotatable bonds is 11. The summed E-state index contributed by atoms with van der Waals surface area (Å²) < 4.78 is 51.7. The molecule has 0 aliphatic rings. The molecule has 3 aromatic heterocycles. The van der Waals surface area contributed by atoms with Gasteiger partial charge in [-0.05, 0) is 103 Å². The van der Waals surface area contributed by atoms with Crippen molar-refractivity contribution < 1.29 is 36.0 Å². The van der Waals surface area contributed by atoms with Gasteiger partial charge in [-0.25, -0.2) is 13.2 Å². The van der Waals surface area contributed by atoms with Crippen LogP contribution in [-0.4, -0.2) is 38.3 Å². The molecule has 0 radical (unpaired) electrons. The van der Waals surface area contributed by atoms with Crippen molar-refractivity contribution in [3.05, 3.63) is 105 Å². The fraction of sp³-hybridized carbons (Fsp3) is 0.226. The standard InChI is InChI=1S/C31H28BrClN2O8S/c1-4-35(44(38,39)23-9-11-26-24(16-23)19(3)29(43-26)31(37)40-5-2)25-10-8-21(33)15-20(25)17-34(18-22-7-6-14-41-22)30(36)27-12-13-28(32)42-27/h6-16H,4-5,17-18H2,1-3H3. The number of anilines is 1. The van der Waals surface area contributed by atoms with Gasteiger partial charge >= 0.3 is 5.97 Å². The highest BCUT2D eigenvalue weighted by Gasteiger charge is 2.29. The van der Waals surface area contributed by atoms with Gasteiger partial charge in [-0.2, -0.15) is 0 Å². The number of fused-ring (bicyclic) bond motifs is 1. The molecule has 0 bridgehead atoms. The van der Waals surface area contributed by atoms with Gasteiger partial charge in [-0.3, -0.25) is 9.10 Å². The first-order valence-electron chi connectivity index (χ1n) is 13.6. The lowest BCUT2D eigenvalue weighted by Crippen LogP contribution is -2.34. The number of hydrogen-bond acceptors (Lipinski definition) is 8. The second-order valence-electron chi connectivity index (χ2n) is 9.72. The Kier molecular flexibility index (Phi) is 9.23. The first-order chi connectivity index (χ1) is 21.0. The van der Waals surface area contributed by atoms with Crippen molar-refractivity contribution in [1.82, 2.24) is 4.90 Å². The van der Waals surface area contributed by atoms with E-state index in [0.717, 1.165) is 0 Å². The second-order valence-corrected chi connectivity index (χ2v) is 12.8. The number of sulfonamides is 1. The molecule has 0 fully saturated rings. The van der Waals surface area contributed by atoms with E-state index in [-0.39, 0.29) is 42.7 Å². The highest BCUT2D eigenvalue weighted by molar-refractivity contribution is 9.10. The van der Waals surface area contributed by atoms with Crippen LogP contribution in [-0.2, 0) is 27.8 Å². The zero-order chi connectivity index (χ0) is 31.6. The summed E-state index contributed by atoms with van der Waals surface area (Å²) >= 11 is 9.62. The van der Waals surface area contributed by atoms with Crippen molar-refractivity contribution in [2.24, 2.45) is 0 Å². The lowest BCUT2D eigenvalue weighted by atomic mass is 10.1. The maximum atomic E-state index is 14.2. The number of carbonyl (C=O) groups excluding carboxylic acids is 2. The quantitative estimate of drug-likeness (QED) is 0.129. The van der Waals surface area contributed by atoms with Gasteiger partial charge < -0.3 is 22.9 Å². The topological polar surface area (TPSA) is 123 Å². The van der Waals surface area contributed by atoms with Gasteiger partial charge in [0.2, 0.25) is 5.76 Å². The molecule has 0 unspecified atom stereocenters. The Hall–Kier alpha value is -4.00. The minimum absolute atomic E-state index is 0.00369.